The lowest BCUT2D eigenvalue weighted by Gasteiger charge is -2.39. The van der Waals surface area contributed by atoms with Crippen molar-refractivity contribution in [3.63, 3.8) is 0 Å². The molecule has 0 rings (SSSR count). The van der Waals surface area contributed by atoms with Crippen molar-refractivity contribution in [3.05, 3.63) is 0 Å². The van der Waals surface area contributed by atoms with Crippen LogP contribution in [0.25, 0.3) is 0 Å². The van der Waals surface area contributed by atoms with E-state index in [9.17, 15) is 10.2 Å². The molecule has 0 saturated carbocycles. The third-order valence-electron chi connectivity index (χ3n) is 5.08. The summed E-state index contributed by atoms with van der Waals surface area (Å²) < 4.78 is 38.3. The van der Waals surface area contributed by atoms with Crippen molar-refractivity contribution >= 4 is 50.4 Å². The molecule has 14 heteroatoms. The summed E-state index contributed by atoms with van der Waals surface area (Å²) in [5, 5.41) is 19.9. The lowest BCUT2D eigenvalue weighted by atomic mass is 10.2. The molecular weight excluding hydrogens is 585 g/mol. The number of hydrogen-bond donors (Lipinski definition) is 2. The molecule has 2 N–H and O–H groups in total. The Bertz CT molecular complexity index is 570. The minimum atomic E-state index is -2.33. The van der Waals surface area contributed by atoms with Gasteiger partial charge in [0, 0.05) is 13.2 Å². The molecule has 0 aromatic heterocycles. The summed E-state index contributed by atoms with van der Waals surface area (Å²) in [6.45, 7) is 31.2. The Morgan fingerprint density at radius 2 is 0.684 bits per heavy atom. The number of ether oxygens (including phenoxy) is 2. The van der Waals surface area contributed by atoms with E-state index in [2.05, 4.69) is 91.7 Å². The quantitative estimate of drug-likeness (QED) is 0.115. The van der Waals surface area contributed by atoms with E-state index in [0.29, 0.717) is 13.2 Å². The second-order valence-corrected chi connectivity index (χ2v) is 40.2. The summed E-state index contributed by atoms with van der Waals surface area (Å²) in [6, 6.07) is 1.67. The molecule has 0 radical (unpaired) electrons. The zero-order valence-electron chi connectivity index (χ0n) is 27.2. The zero-order valence-corrected chi connectivity index (χ0v) is 33.2. The van der Waals surface area contributed by atoms with Gasteiger partial charge in [-0.15, -0.1) is 0 Å². The first-order valence-corrected chi connectivity index (χ1v) is 32.9. The second-order valence-electron chi connectivity index (χ2n) is 14.5. The Morgan fingerprint density at radius 1 is 0.447 bits per heavy atom. The molecule has 0 aliphatic heterocycles. The summed E-state index contributed by atoms with van der Waals surface area (Å²) in [4.78, 5) is 0. The van der Waals surface area contributed by atoms with Crippen molar-refractivity contribution in [3.8, 4) is 0 Å². The molecule has 8 nitrogen and oxygen atoms in total. The predicted octanol–water partition coefficient (Wildman–Crippen LogP) is 6.07. The Kier molecular flexibility index (Phi) is 16.4. The van der Waals surface area contributed by atoms with E-state index < -0.39 is 62.6 Å². The van der Waals surface area contributed by atoms with Gasteiger partial charge in [-0.1, -0.05) is 0 Å². The molecule has 0 unspecified atom stereocenters. The molecule has 0 saturated heterocycles. The molecule has 0 bridgehead atoms. The van der Waals surface area contributed by atoms with Gasteiger partial charge in [-0.2, -0.15) is 0 Å². The first-order chi connectivity index (χ1) is 16.9. The van der Waals surface area contributed by atoms with Crippen LogP contribution in [0.1, 0.15) is 12.8 Å². The van der Waals surface area contributed by atoms with Crippen LogP contribution in [0.4, 0.5) is 0 Å². The largest absolute Gasteiger partial charge is 0.437 e. The Hall–Kier alpha value is 0.981. The fraction of sp³-hybridized carbons (Fsp3) is 1.00. The van der Waals surface area contributed by atoms with Crippen molar-refractivity contribution < 1.29 is 36.1 Å². The summed E-state index contributed by atoms with van der Waals surface area (Å²) in [6.07, 6.45) is 0.393. The second kappa shape index (κ2) is 16.0. The van der Waals surface area contributed by atoms with Crippen LogP contribution in [0.2, 0.25) is 104 Å². The Labute approximate surface area is 241 Å². The summed E-state index contributed by atoms with van der Waals surface area (Å²) in [5.41, 5.74) is 0. The Balaban J connectivity index is 4.92. The van der Waals surface area contributed by atoms with E-state index in [1.54, 1.807) is 0 Å². The molecule has 0 heterocycles. The molecule has 0 spiro atoms. The molecule has 0 aromatic carbocycles. The third-order valence-corrected chi connectivity index (χ3v) is 24.3. The maximum absolute atomic E-state index is 9.96. The molecule has 0 aliphatic carbocycles. The summed E-state index contributed by atoms with van der Waals surface area (Å²) in [7, 11) is -11.7. The molecule has 2 atom stereocenters. The molecule has 0 aliphatic rings. The van der Waals surface area contributed by atoms with Crippen LogP contribution in [-0.2, 0) is 25.9 Å². The van der Waals surface area contributed by atoms with Gasteiger partial charge in [0.25, 0.3) is 0 Å². The fourth-order valence-corrected chi connectivity index (χ4v) is 29.7. The van der Waals surface area contributed by atoms with Crippen molar-refractivity contribution in [1.29, 1.82) is 0 Å². The lowest BCUT2D eigenvalue weighted by Crippen LogP contribution is -2.52. The average Bonchev–Trinajstić information content (AvgIpc) is 2.62. The lowest BCUT2D eigenvalue weighted by molar-refractivity contribution is -0.109. The summed E-state index contributed by atoms with van der Waals surface area (Å²) in [5.74, 6) is 0. The molecule has 0 amide bonds. The monoisotopic (exact) mass is 646 g/mol. The van der Waals surface area contributed by atoms with E-state index >= 15 is 0 Å². The number of aliphatic hydroxyl groups excluding tert-OH is 2. The topological polar surface area (TPSA) is 95.8 Å². The van der Waals surface area contributed by atoms with Crippen LogP contribution >= 0.6 is 0 Å². The van der Waals surface area contributed by atoms with Crippen LogP contribution in [0.5, 0.6) is 0 Å². The van der Waals surface area contributed by atoms with Crippen LogP contribution in [0.15, 0.2) is 0 Å². The van der Waals surface area contributed by atoms with Crippen LogP contribution < -0.4 is 0 Å². The highest BCUT2D eigenvalue weighted by molar-refractivity contribution is 6.88. The van der Waals surface area contributed by atoms with Crippen LogP contribution in [0.3, 0.4) is 0 Å². The summed E-state index contributed by atoms with van der Waals surface area (Å²) >= 11 is 0. The maximum Gasteiger partial charge on any atom is 0.314 e. The first-order valence-electron chi connectivity index (χ1n) is 14.2. The molecular formula is C24H62O8Si6. The van der Waals surface area contributed by atoms with E-state index in [4.69, 9.17) is 25.9 Å². The molecule has 230 valence electrons. The molecule has 38 heavy (non-hydrogen) atoms. The average molecular weight is 647 g/mol. The van der Waals surface area contributed by atoms with Gasteiger partial charge in [0.15, 0.2) is 33.3 Å². The van der Waals surface area contributed by atoms with E-state index in [1.807, 2.05) is 0 Å². The van der Waals surface area contributed by atoms with E-state index in [1.165, 1.54) is 0 Å². The minimum absolute atomic E-state index is 0.208. The van der Waals surface area contributed by atoms with E-state index in [-0.39, 0.29) is 13.2 Å². The zero-order chi connectivity index (χ0) is 30.1. The Morgan fingerprint density at radius 3 is 0.868 bits per heavy atom. The highest BCUT2D eigenvalue weighted by Gasteiger charge is 2.41. The van der Waals surface area contributed by atoms with Gasteiger partial charge in [0.05, 0.1) is 13.2 Å². The van der Waals surface area contributed by atoms with Gasteiger partial charge in [-0.05, 0) is 117 Å². The van der Waals surface area contributed by atoms with Gasteiger partial charge in [0.2, 0.25) is 0 Å². The van der Waals surface area contributed by atoms with Gasteiger partial charge < -0.3 is 36.1 Å². The van der Waals surface area contributed by atoms with E-state index in [0.717, 1.165) is 24.9 Å². The van der Waals surface area contributed by atoms with Crippen LogP contribution in [0, 0.1) is 0 Å². The minimum Gasteiger partial charge on any atom is -0.437 e. The maximum atomic E-state index is 9.96. The van der Waals surface area contributed by atoms with Crippen molar-refractivity contribution in [2.75, 3.05) is 26.4 Å². The van der Waals surface area contributed by atoms with Crippen molar-refractivity contribution in [1.82, 2.24) is 0 Å². The SMILES string of the molecule is C[Si](C)(C)O[Si](C)(CCCO[C@@H](CO)[C@@H](CO)OCCC[Si](C)(O[Si](C)(C)C)O[Si](C)(C)C)O[Si](C)(C)C. The first kappa shape index (κ1) is 39.0. The van der Waals surface area contributed by atoms with Crippen molar-refractivity contribution in [2.24, 2.45) is 0 Å². The number of rotatable bonds is 21. The standard InChI is InChI=1S/C24H62O8Si6/c1-33(2,3)29-37(13,30-34(4,5)6)19-15-17-27-23(21-25)24(22-26)28-18-16-20-38(14,31-35(7,8)9)32-36(10,11)12/h23-26H,15-22H2,1-14H3/t23-,24+. The highest BCUT2D eigenvalue weighted by Crippen LogP contribution is 2.27. The predicted molar refractivity (Wildman–Crippen MR) is 173 cm³/mol. The fourth-order valence-electron chi connectivity index (χ4n) is 4.65. The number of hydrogen-bond acceptors (Lipinski definition) is 8. The normalized spacial score (nSPS) is 16.1. The number of aliphatic hydroxyl groups is 2. The highest BCUT2D eigenvalue weighted by atomic mass is 28.5. The van der Waals surface area contributed by atoms with Gasteiger partial charge in [0.1, 0.15) is 12.2 Å². The smallest absolute Gasteiger partial charge is 0.314 e. The molecule has 0 fully saturated rings. The van der Waals surface area contributed by atoms with Gasteiger partial charge in [-0.25, -0.2) is 0 Å². The van der Waals surface area contributed by atoms with Crippen molar-refractivity contribution in [2.45, 2.75) is 129 Å². The van der Waals surface area contributed by atoms with Crippen LogP contribution in [-0.4, -0.2) is 99.2 Å². The van der Waals surface area contributed by atoms with Gasteiger partial charge in [-0.3, -0.25) is 0 Å². The van der Waals surface area contributed by atoms with Gasteiger partial charge >= 0.3 is 17.1 Å². The molecule has 0 aromatic rings. The third kappa shape index (κ3) is 20.0.